The average Bonchev–Trinajstić information content (AvgIpc) is 2.61. The second-order valence-corrected chi connectivity index (χ2v) is 13.5. The second-order valence-electron chi connectivity index (χ2n) is 13.5. The van der Waals surface area contributed by atoms with Gasteiger partial charge in [-0.2, -0.15) is 4.90 Å². The molecule has 0 aromatic heterocycles. The number of halogens is 1. The number of rotatable bonds is 6. The van der Waals surface area contributed by atoms with Gasteiger partial charge in [-0.1, -0.05) is 13.8 Å². The first-order valence-corrected chi connectivity index (χ1v) is 12.8. The van der Waals surface area contributed by atoms with Crippen molar-refractivity contribution in [2.24, 2.45) is 5.92 Å². The van der Waals surface area contributed by atoms with E-state index in [0.717, 1.165) is 0 Å². The molecule has 39 heavy (non-hydrogen) atoms. The highest BCUT2D eigenvalue weighted by Crippen LogP contribution is 2.25. The zero-order valence-electron chi connectivity index (χ0n) is 25.9. The molecular formula is C27H47FN2O9. The molecule has 12 heteroatoms. The van der Waals surface area contributed by atoms with Crippen LogP contribution < -0.4 is 0 Å². The van der Waals surface area contributed by atoms with Crippen LogP contribution in [0.25, 0.3) is 0 Å². The molecule has 0 radical (unpaired) electrons. The van der Waals surface area contributed by atoms with Gasteiger partial charge in [0.2, 0.25) is 0 Å². The van der Waals surface area contributed by atoms with Crippen molar-refractivity contribution in [1.29, 1.82) is 0 Å². The molecule has 0 fully saturated rings. The van der Waals surface area contributed by atoms with E-state index in [4.69, 9.17) is 18.9 Å². The number of ether oxygens (including phenoxy) is 4. The molecule has 0 aliphatic carbocycles. The maximum atomic E-state index is 15.7. The summed E-state index contributed by atoms with van der Waals surface area (Å²) in [6.07, 6.45) is -7.19. The summed E-state index contributed by atoms with van der Waals surface area (Å²) < 4.78 is 36.6. The number of carbonyl (C=O) groups is 5. The first-order chi connectivity index (χ1) is 17.1. The Kier molecular flexibility index (Phi) is 12.0. The van der Waals surface area contributed by atoms with Crippen molar-refractivity contribution in [3.63, 3.8) is 0 Å². The standard InChI is InChI=1S/C27H47FN2O9/c1-16(2)15-17(29(21(33)37-25(6,7)8)22(34)38-26(9,10)11)19(31)30(23(35)39-27(12,13)14)18(28)20(32)36-24(3,4)5/h16-18H,15H2,1-14H3/t17-,18?/m0/s1. The van der Waals surface area contributed by atoms with Crippen molar-refractivity contribution in [1.82, 2.24) is 9.80 Å². The van der Waals surface area contributed by atoms with Crippen molar-refractivity contribution in [2.75, 3.05) is 0 Å². The summed E-state index contributed by atoms with van der Waals surface area (Å²) in [5, 5.41) is 0. The molecule has 226 valence electrons. The molecule has 2 atom stereocenters. The van der Waals surface area contributed by atoms with Crippen LogP contribution in [0.2, 0.25) is 0 Å². The third-order valence-corrected chi connectivity index (χ3v) is 4.13. The number of hydrogen-bond donors (Lipinski definition) is 0. The number of amides is 4. The quantitative estimate of drug-likeness (QED) is 0.218. The minimum absolute atomic E-state index is 0.0753. The summed E-state index contributed by atoms with van der Waals surface area (Å²) in [5.41, 5.74) is -4.52. The van der Waals surface area contributed by atoms with Gasteiger partial charge in [0.25, 0.3) is 12.2 Å². The van der Waals surface area contributed by atoms with E-state index in [2.05, 4.69) is 0 Å². The molecule has 0 bridgehead atoms. The molecule has 0 aliphatic rings. The molecule has 1 unspecified atom stereocenters. The van der Waals surface area contributed by atoms with Gasteiger partial charge in [0.15, 0.2) is 0 Å². The van der Waals surface area contributed by atoms with Crippen LogP contribution in [0.15, 0.2) is 0 Å². The molecular weight excluding hydrogens is 515 g/mol. The predicted octanol–water partition coefficient (Wildman–Crippen LogP) is 5.97. The lowest BCUT2D eigenvalue weighted by atomic mass is 10.0. The number of alkyl halides is 1. The van der Waals surface area contributed by atoms with Crippen LogP contribution in [-0.2, 0) is 28.5 Å². The number of imide groups is 2. The molecule has 4 amide bonds. The van der Waals surface area contributed by atoms with E-state index >= 15 is 4.39 Å². The first kappa shape index (κ1) is 36.1. The van der Waals surface area contributed by atoms with Crippen LogP contribution in [0, 0.1) is 5.92 Å². The minimum Gasteiger partial charge on any atom is -0.456 e. The van der Waals surface area contributed by atoms with E-state index in [9.17, 15) is 24.0 Å². The maximum absolute atomic E-state index is 15.7. The van der Waals surface area contributed by atoms with E-state index in [1.807, 2.05) is 0 Å². The molecule has 0 saturated carbocycles. The Labute approximate surface area is 231 Å². The Balaban J connectivity index is 6.99. The Bertz CT molecular complexity index is 878. The lowest BCUT2D eigenvalue weighted by molar-refractivity contribution is -0.172. The molecule has 0 aromatic rings. The Morgan fingerprint density at radius 3 is 1.18 bits per heavy atom. The zero-order valence-corrected chi connectivity index (χ0v) is 25.9. The van der Waals surface area contributed by atoms with Crippen LogP contribution in [0.5, 0.6) is 0 Å². The number of carbonyl (C=O) groups excluding carboxylic acids is 5. The SMILES string of the molecule is CC(C)C[C@@H](C(=O)N(C(=O)OC(C)(C)C)C(F)C(=O)OC(C)(C)C)N(C(=O)OC(C)(C)C)C(=O)OC(C)(C)C. The highest BCUT2D eigenvalue weighted by atomic mass is 19.1. The lowest BCUT2D eigenvalue weighted by Gasteiger charge is -2.36. The fourth-order valence-corrected chi connectivity index (χ4v) is 2.94. The van der Waals surface area contributed by atoms with Gasteiger partial charge in [0.1, 0.15) is 28.4 Å². The summed E-state index contributed by atoms with van der Waals surface area (Å²) in [7, 11) is 0. The van der Waals surface area contributed by atoms with Gasteiger partial charge in [-0.15, -0.1) is 0 Å². The molecule has 0 aliphatic heterocycles. The van der Waals surface area contributed by atoms with Gasteiger partial charge < -0.3 is 18.9 Å². The predicted molar refractivity (Wildman–Crippen MR) is 141 cm³/mol. The minimum atomic E-state index is -2.94. The summed E-state index contributed by atoms with van der Waals surface area (Å²) >= 11 is 0. The number of nitrogens with zero attached hydrogens (tertiary/aromatic N) is 2. The Morgan fingerprint density at radius 1 is 0.590 bits per heavy atom. The highest BCUT2D eigenvalue weighted by molar-refractivity contribution is 6.02. The van der Waals surface area contributed by atoms with Crippen LogP contribution in [0.4, 0.5) is 18.8 Å². The smallest absolute Gasteiger partial charge is 0.420 e. The van der Waals surface area contributed by atoms with Crippen molar-refractivity contribution >= 4 is 30.2 Å². The van der Waals surface area contributed by atoms with Gasteiger partial charge in [0.05, 0.1) is 0 Å². The Hall–Kier alpha value is -2.92. The monoisotopic (exact) mass is 562 g/mol. The highest BCUT2D eigenvalue weighted by Gasteiger charge is 2.48. The third-order valence-electron chi connectivity index (χ3n) is 4.13. The first-order valence-electron chi connectivity index (χ1n) is 12.8. The van der Waals surface area contributed by atoms with Crippen molar-refractivity contribution in [3.05, 3.63) is 0 Å². The van der Waals surface area contributed by atoms with Crippen molar-refractivity contribution in [3.8, 4) is 0 Å². The molecule has 0 rings (SSSR count). The van der Waals surface area contributed by atoms with Crippen LogP contribution >= 0.6 is 0 Å². The fraction of sp³-hybridized carbons (Fsp3) is 0.815. The van der Waals surface area contributed by atoms with Crippen molar-refractivity contribution in [2.45, 2.75) is 138 Å². The zero-order chi connectivity index (χ0) is 31.3. The van der Waals surface area contributed by atoms with Gasteiger partial charge in [0, 0.05) is 0 Å². The van der Waals surface area contributed by atoms with Crippen LogP contribution in [-0.4, -0.2) is 74.7 Å². The lowest BCUT2D eigenvalue weighted by Crippen LogP contribution is -2.59. The molecule has 0 spiro atoms. The van der Waals surface area contributed by atoms with Gasteiger partial charge >= 0.3 is 24.2 Å². The fourth-order valence-electron chi connectivity index (χ4n) is 2.94. The van der Waals surface area contributed by atoms with E-state index in [-0.39, 0.29) is 17.2 Å². The number of esters is 1. The second kappa shape index (κ2) is 13.0. The largest absolute Gasteiger partial charge is 0.456 e. The molecule has 11 nitrogen and oxygen atoms in total. The molecule has 0 aromatic carbocycles. The molecule has 0 N–H and O–H groups in total. The summed E-state index contributed by atoms with van der Waals surface area (Å²) in [6.45, 7) is 21.5. The molecule has 0 heterocycles. The van der Waals surface area contributed by atoms with Gasteiger partial charge in [-0.25, -0.2) is 28.5 Å². The summed E-state index contributed by atoms with van der Waals surface area (Å²) in [4.78, 5) is 66.5. The summed E-state index contributed by atoms with van der Waals surface area (Å²) in [5.74, 6) is -3.29. The maximum Gasteiger partial charge on any atom is 0.420 e. The van der Waals surface area contributed by atoms with Gasteiger partial charge in [-0.05, 0) is 95.4 Å². The van der Waals surface area contributed by atoms with Crippen LogP contribution in [0.1, 0.15) is 103 Å². The van der Waals surface area contributed by atoms with Gasteiger partial charge in [-0.3, -0.25) is 4.79 Å². The van der Waals surface area contributed by atoms with E-state index in [1.165, 1.54) is 41.5 Å². The summed E-state index contributed by atoms with van der Waals surface area (Å²) in [6, 6.07) is -1.80. The normalized spacial score (nSPS) is 14.2. The third kappa shape index (κ3) is 13.6. The van der Waals surface area contributed by atoms with E-state index in [1.54, 1.807) is 55.4 Å². The molecule has 0 saturated heterocycles. The van der Waals surface area contributed by atoms with Crippen LogP contribution in [0.3, 0.4) is 0 Å². The topological polar surface area (TPSA) is 129 Å². The van der Waals surface area contributed by atoms with Crippen molar-refractivity contribution < 1.29 is 47.3 Å². The Morgan fingerprint density at radius 2 is 0.897 bits per heavy atom. The number of hydrogen-bond acceptors (Lipinski definition) is 9. The van der Waals surface area contributed by atoms with E-state index in [0.29, 0.717) is 4.90 Å². The average molecular weight is 563 g/mol. The van der Waals surface area contributed by atoms with E-state index < -0.39 is 64.9 Å².